The van der Waals surface area contributed by atoms with Crippen LogP contribution < -0.4 is 5.30 Å². The predicted octanol–water partition coefficient (Wildman–Crippen LogP) is 1.94. The van der Waals surface area contributed by atoms with E-state index < -0.39 is 7.26 Å². The second-order valence-electron chi connectivity index (χ2n) is 3.43. The van der Waals surface area contributed by atoms with Gasteiger partial charge in [-0.3, -0.25) is 0 Å². The van der Waals surface area contributed by atoms with E-state index in [1.54, 1.807) is 5.30 Å². The van der Waals surface area contributed by atoms with E-state index in [1.165, 1.54) is 18.5 Å². The van der Waals surface area contributed by atoms with E-state index in [2.05, 4.69) is 51.1 Å². The van der Waals surface area contributed by atoms with E-state index in [0.29, 0.717) is 0 Å². The minimum atomic E-state index is -0.791. The van der Waals surface area contributed by atoms with Gasteiger partial charge < -0.3 is 0 Å². The van der Waals surface area contributed by atoms with Gasteiger partial charge in [0.15, 0.2) is 0 Å². The van der Waals surface area contributed by atoms with Crippen LogP contribution in [-0.4, -0.2) is 26.9 Å². The third kappa shape index (κ3) is 2.61. The lowest BCUT2D eigenvalue weighted by Crippen LogP contribution is -2.17. The molecule has 0 aliphatic carbocycles. The van der Waals surface area contributed by atoms with Crippen LogP contribution in [0.2, 0.25) is 0 Å². The summed E-state index contributed by atoms with van der Waals surface area (Å²) in [5, 5.41) is 1.61. The first kappa shape index (κ1) is 13.7. The topological polar surface area (TPSA) is 0 Å². The fourth-order valence-electron chi connectivity index (χ4n) is 1.96. The standard InChI is InChI=1S/C12H20P.BH4/c1-4-13(5-2,6-3)12-10-8-7-9-11-12;/h7-11H,4-6H2,1-3H3;1H4/q+1;-1. The first-order valence-corrected chi connectivity index (χ1v) is 7.55. The van der Waals surface area contributed by atoms with Gasteiger partial charge in [0, 0.05) is 7.26 Å². The van der Waals surface area contributed by atoms with Gasteiger partial charge in [-0.1, -0.05) is 26.6 Å². The average Bonchev–Trinajstić information content (AvgIpc) is 2.23. The molecule has 0 radical (unpaired) electrons. The Morgan fingerprint density at radius 3 is 1.64 bits per heavy atom. The Balaban J connectivity index is 0.00000169. The van der Waals surface area contributed by atoms with Crippen LogP contribution >= 0.6 is 7.26 Å². The van der Waals surface area contributed by atoms with E-state index in [1.807, 2.05) is 0 Å². The molecule has 0 heterocycles. The van der Waals surface area contributed by atoms with Crippen molar-refractivity contribution in [1.82, 2.24) is 0 Å². The molecule has 0 fully saturated rings. The molecule has 0 unspecified atom stereocenters. The lowest BCUT2D eigenvalue weighted by molar-refractivity contribution is 1.32. The van der Waals surface area contributed by atoms with Gasteiger partial charge in [0.1, 0.15) is 0 Å². The van der Waals surface area contributed by atoms with Gasteiger partial charge >= 0.3 is 0 Å². The summed E-state index contributed by atoms with van der Waals surface area (Å²) in [5.41, 5.74) is 0. The highest BCUT2D eigenvalue weighted by Gasteiger charge is 2.33. The zero-order valence-electron chi connectivity index (χ0n) is 8.96. The van der Waals surface area contributed by atoms with E-state index >= 15 is 0 Å². The molecule has 0 atom stereocenters. The van der Waals surface area contributed by atoms with Gasteiger partial charge in [0.05, 0.1) is 23.8 Å². The summed E-state index contributed by atoms with van der Waals surface area (Å²) >= 11 is 0. The molecule has 80 valence electrons. The van der Waals surface area contributed by atoms with Crippen molar-refractivity contribution >= 4 is 21.0 Å². The van der Waals surface area contributed by atoms with Crippen LogP contribution in [0, 0.1) is 0 Å². The van der Waals surface area contributed by atoms with Crippen molar-refractivity contribution in [3.05, 3.63) is 30.3 Å². The third-order valence-electron chi connectivity index (χ3n) is 3.12. The van der Waals surface area contributed by atoms with Crippen LogP contribution in [0.4, 0.5) is 0 Å². The van der Waals surface area contributed by atoms with Crippen molar-refractivity contribution in [2.24, 2.45) is 0 Å². The predicted molar refractivity (Wildman–Crippen MR) is 76.0 cm³/mol. The summed E-state index contributed by atoms with van der Waals surface area (Å²) in [7, 11) is -0.791. The van der Waals surface area contributed by atoms with E-state index in [9.17, 15) is 0 Å². The number of hydrogen-bond donors (Lipinski definition) is 0. The molecule has 0 N–H and O–H groups in total. The molecule has 0 saturated carbocycles. The molecule has 0 spiro atoms. The van der Waals surface area contributed by atoms with Crippen LogP contribution in [0.3, 0.4) is 0 Å². The third-order valence-corrected chi connectivity index (χ3v) is 8.15. The maximum absolute atomic E-state index is 2.34. The second kappa shape index (κ2) is 6.25. The number of hydrogen-bond acceptors (Lipinski definition) is 0. The highest BCUT2D eigenvalue weighted by atomic mass is 31.2. The Labute approximate surface area is 91.0 Å². The Bertz CT molecular complexity index is 233. The van der Waals surface area contributed by atoms with E-state index in [4.69, 9.17) is 0 Å². The monoisotopic (exact) mass is 210 g/mol. The van der Waals surface area contributed by atoms with E-state index in [-0.39, 0.29) is 8.41 Å². The lowest BCUT2D eigenvalue weighted by atomic mass is 10.4. The average molecular weight is 210 g/mol. The van der Waals surface area contributed by atoms with Crippen molar-refractivity contribution in [2.75, 3.05) is 18.5 Å². The fraction of sp³-hybridized carbons (Fsp3) is 0.500. The summed E-state index contributed by atoms with van der Waals surface area (Å²) in [6.07, 6.45) is 4.05. The Kier molecular flexibility index (Phi) is 6.12. The highest BCUT2D eigenvalue weighted by Crippen LogP contribution is 2.56. The smallest absolute Gasteiger partial charge is 0.0626 e. The molecule has 1 aromatic rings. The van der Waals surface area contributed by atoms with Crippen molar-refractivity contribution in [3.8, 4) is 0 Å². The quantitative estimate of drug-likeness (QED) is 0.526. The van der Waals surface area contributed by atoms with Crippen LogP contribution in [0.1, 0.15) is 20.8 Å². The molecule has 0 saturated heterocycles. The number of benzene rings is 1. The van der Waals surface area contributed by atoms with E-state index in [0.717, 1.165) is 0 Å². The molecule has 2 heteroatoms. The van der Waals surface area contributed by atoms with Crippen molar-refractivity contribution < 1.29 is 0 Å². The first-order chi connectivity index (χ1) is 6.29. The van der Waals surface area contributed by atoms with Crippen molar-refractivity contribution in [2.45, 2.75) is 20.8 Å². The molecule has 0 aliphatic rings. The molecule has 0 nitrogen and oxygen atoms in total. The van der Waals surface area contributed by atoms with Crippen molar-refractivity contribution in [3.63, 3.8) is 0 Å². The second-order valence-corrected chi connectivity index (χ2v) is 8.13. The minimum Gasteiger partial charge on any atom is -0.0626 e. The van der Waals surface area contributed by atoms with Gasteiger partial charge in [0.2, 0.25) is 0 Å². The minimum absolute atomic E-state index is 0. The maximum Gasteiger partial charge on any atom is 0.0939 e. The summed E-state index contributed by atoms with van der Waals surface area (Å²) < 4.78 is 0. The van der Waals surface area contributed by atoms with Gasteiger partial charge in [-0.25, -0.2) is 0 Å². The summed E-state index contributed by atoms with van der Waals surface area (Å²) in [6, 6.07) is 11.1. The summed E-state index contributed by atoms with van der Waals surface area (Å²) in [4.78, 5) is 0. The molecular weight excluding hydrogens is 186 g/mol. The summed E-state index contributed by atoms with van der Waals surface area (Å²) in [6.45, 7) is 7.02. The molecule has 1 aromatic carbocycles. The van der Waals surface area contributed by atoms with Crippen LogP contribution in [0.5, 0.6) is 0 Å². The van der Waals surface area contributed by atoms with Crippen LogP contribution in [-0.2, 0) is 0 Å². The molecule has 0 amide bonds. The summed E-state index contributed by atoms with van der Waals surface area (Å²) in [5.74, 6) is 0. The molecule has 14 heavy (non-hydrogen) atoms. The number of rotatable bonds is 4. The Morgan fingerprint density at radius 1 is 0.857 bits per heavy atom. The lowest BCUT2D eigenvalue weighted by Gasteiger charge is -2.23. The van der Waals surface area contributed by atoms with Crippen LogP contribution in [0.15, 0.2) is 30.3 Å². The van der Waals surface area contributed by atoms with Gasteiger partial charge in [-0.15, -0.1) is 0 Å². The van der Waals surface area contributed by atoms with Gasteiger partial charge in [0.25, 0.3) is 0 Å². The maximum atomic E-state index is 2.34. The Hall–Kier alpha value is -0.285. The van der Waals surface area contributed by atoms with Crippen molar-refractivity contribution in [1.29, 1.82) is 0 Å². The Morgan fingerprint density at radius 2 is 1.29 bits per heavy atom. The zero-order valence-corrected chi connectivity index (χ0v) is 9.85. The van der Waals surface area contributed by atoms with Crippen LogP contribution in [0.25, 0.3) is 0 Å². The fourth-order valence-corrected chi connectivity index (χ4v) is 5.20. The molecule has 0 bridgehead atoms. The largest absolute Gasteiger partial charge is 0.0939 e. The molecule has 0 aliphatic heterocycles. The van der Waals surface area contributed by atoms with Gasteiger partial charge in [-0.2, -0.15) is 0 Å². The first-order valence-electron chi connectivity index (χ1n) is 5.20. The molecule has 1 rings (SSSR count). The highest BCUT2D eigenvalue weighted by molar-refractivity contribution is 7.82. The SMILES string of the molecule is CC[P+](CC)(CC)c1ccccc1.[BH4-]. The van der Waals surface area contributed by atoms with Gasteiger partial charge in [-0.05, 0) is 32.9 Å². The molecular formula is C12H24BP. The molecule has 0 aromatic heterocycles. The normalized spacial score (nSPS) is 10.8. The zero-order chi connectivity index (χ0) is 9.73.